The van der Waals surface area contributed by atoms with Crippen LogP contribution in [0.5, 0.6) is 5.75 Å². The molecule has 5 nitrogen and oxygen atoms in total. The Morgan fingerprint density at radius 3 is 2.63 bits per heavy atom. The van der Waals surface area contributed by atoms with Gasteiger partial charge in [0.05, 0.1) is 11.8 Å². The standard InChI is InChI=1S/C14H21N3O2/c1-15-11-3-5-12(6-4-11)17(2)14(19)10-7-13(18)9-16-8-10/h7-9,11-12,15,18H,3-6H2,1-2H3. The Bertz CT molecular complexity index is 442. The maximum atomic E-state index is 12.3. The molecular weight excluding hydrogens is 242 g/mol. The van der Waals surface area contributed by atoms with E-state index >= 15 is 0 Å². The third-order valence-corrected chi connectivity index (χ3v) is 3.94. The van der Waals surface area contributed by atoms with Gasteiger partial charge in [-0.3, -0.25) is 9.78 Å². The van der Waals surface area contributed by atoms with Crippen molar-refractivity contribution in [3.63, 3.8) is 0 Å². The normalized spacial score (nSPS) is 23.1. The average molecular weight is 263 g/mol. The van der Waals surface area contributed by atoms with Crippen LogP contribution in [0.1, 0.15) is 36.0 Å². The highest BCUT2D eigenvalue weighted by atomic mass is 16.3. The topological polar surface area (TPSA) is 65.5 Å². The van der Waals surface area contributed by atoms with E-state index in [2.05, 4.69) is 10.3 Å². The number of rotatable bonds is 3. The van der Waals surface area contributed by atoms with E-state index in [1.807, 2.05) is 14.1 Å². The van der Waals surface area contributed by atoms with Gasteiger partial charge in [-0.1, -0.05) is 0 Å². The third-order valence-electron chi connectivity index (χ3n) is 3.94. The first kappa shape index (κ1) is 13.8. The fourth-order valence-corrected chi connectivity index (χ4v) is 2.67. The van der Waals surface area contributed by atoms with Gasteiger partial charge in [-0.15, -0.1) is 0 Å². The summed E-state index contributed by atoms with van der Waals surface area (Å²) >= 11 is 0. The van der Waals surface area contributed by atoms with Crippen molar-refractivity contribution in [2.75, 3.05) is 14.1 Å². The van der Waals surface area contributed by atoms with E-state index < -0.39 is 0 Å². The molecule has 0 saturated heterocycles. The van der Waals surface area contributed by atoms with E-state index in [1.165, 1.54) is 18.5 Å². The highest BCUT2D eigenvalue weighted by molar-refractivity contribution is 5.94. The fourth-order valence-electron chi connectivity index (χ4n) is 2.67. The molecule has 1 amide bonds. The minimum absolute atomic E-state index is 0.0261. The molecular formula is C14H21N3O2. The van der Waals surface area contributed by atoms with Gasteiger partial charge in [-0.05, 0) is 38.8 Å². The SMILES string of the molecule is CNC1CCC(N(C)C(=O)c2cncc(O)c2)CC1. The number of carbonyl (C=O) groups is 1. The van der Waals surface area contributed by atoms with Crippen molar-refractivity contribution >= 4 is 5.91 Å². The fraction of sp³-hybridized carbons (Fsp3) is 0.571. The van der Waals surface area contributed by atoms with Gasteiger partial charge in [-0.25, -0.2) is 0 Å². The number of amides is 1. The predicted octanol–water partition coefficient (Wildman–Crippen LogP) is 1.39. The number of carbonyl (C=O) groups excluding carboxylic acids is 1. The lowest BCUT2D eigenvalue weighted by molar-refractivity contribution is 0.0685. The largest absolute Gasteiger partial charge is 0.506 e. The molecule has 0 aromatic carbocycles. The summed E-state index contributed by atoms with van der Waals surface area (Å²) in [6.45, 7) is 0. The van der Waals surface area contributed by atoms with Gasteiger partial charge in [0.1, 0.15) is 5.75 Å². The molecule has 1 aliphatic rings. The zero-order valence-corrected chi connectivity index (χ0v) is 11.5. The third kappa shape index (κ3) is 3.23. The Labute approximate surface area is 113 Å². The summed E-state index contributed by atoms with van der Waals surface area (Å²) in [6, 6.07) is 2.31. The van der Waals surface area contributed by atoms with Crippen molar-refractivity contribution in [2.45, 2.75) is 37.8 Å². The molecule has 1 heterocycles. The lowest BCUT2D eigenvalue weighted by Crippen LogP contribution is -2.42. The number of nitrogens with one attached hydrogen (secondary N) is 1. The van der Waals surface area contributed by atoms with Crippen molar-refractivity contribution in [1.29, 1.82) is 0 Å². The second kappa shape index (κ2) is 6.02. The smallest absolute Gasteiger partial charge is 0.255 e. The van der Waals surface area contributed by atoms with Crippen LogP contribution in [-0.4, -0.2) is 47.1 Å². The van der Waals surface area contributed by atoms with Gasteiger partial charge in [0.25, 0.3) is 5.91 Å². The van der Waals surface area contributed by atoms with Crippen LogP contribution >= 0.6 is 0 Å². The van der Waals surface area contributed by atoms with Gasteiger partial charge >= 0.3 is 0 Å². The van der Waals surface area contributed by atoms with Crippen LogP contribution in [0.25, 0.3) is 0 Å². The number of hydrogen-bond acceptors (Lipinski definition) is 4. The molecule has 1 fully saturated rings. The van der Waals surface area contributed by atoms with Gasteiger partial charge < -0.3 is 15.3 Å². The summed E-state index contributed by atoms with van der Waals surface area (Å²) < 4.78 is 0. The highest BCUT2D eigenvalue weighted by Crippen LogP contribution is 2.23. The van der Waals surface area contributed by atoms with Crippen molar-refractivity contribution in [2.24, 2.45) is 0 Å². The number of hydrogen-bond donors (Lipinski definition) is 2. The Kier molecular flexibility index (Phi) is 4.37. The second-order valence-corrected chi connectivity index (χ2v) is 5.14. The van der Waals surface area contributed by atoms with Crippen LogP contribution in [0.4, 0.5) is 0 Å². The molecule has 0 radical (unpaired) electrons. The molecule has 2 N–H and O–H groups in total. The molecule has 0 atom stereocenters. The quantitative estimate of drug-likeness (QED) is 0.865. The van der Waals surface area contributed by atoms with Gasteiger partial charge in [0.2, 0.25) is 0 Å². The molecule has 5 heteroatoms. The second-order valence-electron chi connectivity index (χ2n) is 5.14. The zero-order valence-electron chi connectivity index (χ0n) is 11.5. The summed E-state index contributed by atoms with van der Waals surface area (Å²) in [7, 11) is 3.81. The van der Waals surface area contributed by atoms with Crippen LogP contribution in [0.15, 0.2) is 18.5 Å². The Hall–Kier alpha value is -1.62. The first-order valence-corrected chi connectivity index (χ1v) is 6.70. The maximum Gasteiger partial charge on any atom is 0.255 e. The van der Waals surface area contributed by atoms with E-state index in [4.69, 9.17) is 0 Å². The molecule has 19 heavy (non-hydrogen) atoms. The Balaban J connectivity index is 2.00. The molecule has 1 aromatic rings. The van der Waals surface area contributed by atoms with Gasteiger partial charge in [-0.2, -0.15) is 0 Å². The Morgan fingerprint density at radius 1 is 1.37 bits per heavy atom. The van der Waals surface area contributed by atoms with E-state index in [-0.39, 0.29) is 17.7 Å². The maximum absolute atomic E-state index is 12.3. The molecule has 0 unspecified atom stereocenters. The Morgan fingerprint density at radius 2 is 2.05 bits per heavy atom. The number of nitrogens with zero attached hydrogens (tertiary/aromatic N) is 2. The summed E-state index contributed by atoms with van der Waals surface area (Å²) in [5, 5.41) is 12.7. The molecule has 104 valence electrons. The molecule has 0 aliphatic heterocycles. The predicted molar refractivity (Wildman–Crippen MR) is 73.1 cm³/mol. The van der Waals surface area contributed by atoms with Crippen molar-refractivity contribution in [3.8, 4) is 5.75 Å². The van der Waals surface area contributed by atoms with Crippen molar-refractivity contribution < 1.29 is 9.90 Å². The monoisotopic (exact) mass is 263 g/mol. The van der Waals surface area contributed by atoms with Gasteiger partial charge in [0, 0.05) is 25.3 Å². The first-order valence-electron chi connectivity index (χ1n) is 6.70. The first-order chi connectivity index (χ1) is 9.11. The minimum Gasteiger partial charge on any atom is -0.506 e. The van der Waals surface area contributed by atoms with Crippen LogP contribution in [-0.2, 0) is 0 Å². The lowest BCUT2D eigenvalue weighted by atomic mass is 9.90. The minimum atomic E-state index is -0.0729. The van der Waals surface area contributed by atoms with Gasteiger partial charge in [0.15, 0.2) is 0 Å². The summed E-state index contributed by atoms with van der Waals surface area (Å²) in [6.07, 6.45) is 7.04. The van der Waals surface area contributed by atoms with Crippen LogP contribution in [0, 0.1) is 0 Å². The summed E-state index contributed by atoms with van der Waals surface area (Å²) in [5.41, 5.74) is 0.443. The average Bonchev–Trinajstić information content (AvgIpc) is 2.46. The zero-order chi connectivity index (χ0) is 13.8. The summed E-state index contributed by atoms with van der Waals surface area (Å²) in [5.74, 6) is -0.0468. The van der Waals surface area contributed by atoms with E-state index in [1.54, 1.807) is 4.90 Å². The molecule has 2 rings (SSSR count). The van der Waals surface area contributed by atoms with Crippen LogP contribution in [0.2, 0.25) is 0 Å². The molecule has 0 bridgehead atoms. The lowest BCUT2D eigenvalue weighted by Gasteiger charge is -2.34. The highest BCUT2D eigenvalue weighted by Gasteiger charge is 2.26. The molecule has 0 spiro atoms. The van der Waals surface area contributed by atoms with E-state index in [0.717, 1.165) is 25.7 Å². The van der Waals surface area contributed by atoms with Crippen molar-refractivity contribution in [1.82, 2.24) is 15.2 Å². The van der Waals surface area contributed by atoms with E-state index in [9.17, 15) is 9.90 Å². The number of pyridine rings is 1. The molecule has 1 saturated carbocycles. The molecule has 1 aliphatic carbocycles. The summed E-state index contributed by atoms with van der Waals surface area (Å²) in [4.78, 5) is 17.9. The van der Waals surface area contributed by atoms with Crippen LogP contribution in [0.3, 0.4) is 0 Å². The van der Waals surface area contributed by atoms with Crippen molar-refractivity contribution in [3.05, 3.63) is 24.0 Å². The number of aromatic nitrogens is 1. The van der Waals surface area contributed by atoms with E-state index in [0.29, 0.717) is 11.6 Å². The molecule has 1 aromatic heterocycles. The number of aromatic hydroxyl groups is 1. The van der Waals surface area contributed by atoms with Crippen LogP contribution < -0.4 is 5.32 Å².